The van der Waals surface area contributed by atoms with Gasteiger partial charge in [-0.1, -0.05) is 18.2 Å². The first-order chi connectivity index (χ1) is 12.5. The van der Waals surface area contributed by atoms with Crippen LogP contribution >= 0.6 is 11.3 Å². The van der Waals surface area contributed by atoms with Gasteiger partial charge in [0.2, 0.25) is 5.91 Å². The van der Waals surface area contributed by atoms with Crippen molar-refractivity contribution in [3.8, 4) is 0 Å². The molecule has 1 amide bonds. The summed E-state index contributed by atoms with van der Waals surface area (Å²) in [5.41, 5.74) is -0.0477. The van der Waals surface area contributed by atoms with Crippen molar-refractivity contribution in [2.45, 2.75) is 6.54 Å². The monoisotopic (exact) mass is 371 g/mol. The first kappa shape index (κ1) is 16.3. The lowest BCUT2D eigenvalue weighted by molar-refractivity contribution is -0.116. The van der Waals surface area contributed by atoms with Gasteiger partial charge in [0, 0.05) is 16.2 Å². The highest BCUT2D eigenvalue weighted by molar-refractivity contribution is 7.25. The molecule has 0 aliphatic carbocycles. The molecule has 2 aromatic carbocycles. The summed E-state index contributed by atoms with van der Waals surface area (Å²) in [6.45, 7) is -0.355. The van der Waals surface area contributed by atoms with Gasteiger partial charge < -0.3 is 5.32 Å². The fourth-order valence-corrected chi connectivity index (χ4v) is 3.77. The van der Waals surface area contributed by atoms with Crippen LogP contribution in [0.3, 0.4) is 0 Å². The molecule has 0 saturated carbocycles. The molecule has 26 heavy (non-hydrogen) atoms. The van der Waals surface area contributed by atoms with Crippen LogP contribution < -0.4 is 10.9 Å². The highest BCUT2D eigenvalue weighted by atomic mass is 32.1. The molecule has 5 nitrogen and oxygen atoms in total. The zero-order chi connectivity index (χ0) is 18.3. The molecule has 0 radical (unpaired) electrons. The van der Waals surface area contributed by atoms with Crippen LogP contribution in [0.2, 0.25) is 0 Å². The van der Waals surface area contributed by atoms with Gasteiger partial charge in [-0.3, -0.25) is 14.2 Å². The standard InChI is InChI=1S/C18H11F2N3O2S/c19-10-5-6-12(20)13(7-10)22-15(24)8-23-9-21-16-11-3-1-2-4-14(11)26-17(16)18(23)25/h1-7,9H,8H2,(H,22,24). The maximum Gasteiger partial charge on any atom is 0.271 e. The number of hydrogen-bond acceptors (Lipinski definition) is 4. The van der Waals surface area contributed by atoms with E-state index in [9.17, 15) is 18.4 Å². The van der Waals surface area contributed by atoms with Crippen LogP contribution in [0.4, 0.5) is 14.5 Å². The number of nitrogens with zero attached hydrogens (tertiary/aromatic N) is 2. The Morgan fingerprint density at radius 2 is 2.00 bits per heavy atom. The SMILES string of the molecule is O=C(Cn1cnc2c(sc3ccccc32)c1=O)Nc1cc(F)ccc1F. The molecule has 0 bridgehead atoms. The van der Waals surface area contributed by atoms with Crippen molar-refractivity contribution in [1.29, 1.82) is 0 Å². The topological polar surface area (TPSA) is 64.0 Å². The smallest absolute Gasteiger partial charge is 0.271 e. The molecule has 0 fully saturated rings. The van der Waals surface area contributed by atoms with E-state index in [-0.39, 0.29) is 17.8 Å². The van der Waals surface area contributed by atoms with Crippen LogP contribution in [0.1, 0.15) is 0 Å². The van der Waals surface area contributed by atoms with Gasteiger partial charge in [-0.15, -0.1) is 11.3 Å². The van der Waals surface area contributed by atoms with Gasteiger partial charge in [0.15, 0.2) is 0 Å². The predicted molar refractivity (Wildman–Crippen MR) is 96.4 cm³/mol. The van der Waals surface area contributed by atoms with E-state index >= 15 is 0 Å². The van der Waals surface area contributed by atoms with Crippen LogP contribution in [0.25, 0.3) is 20.3 Å². The number of benzene rings is 2. The first-order valence-electron chi connectivity index (χ1n) is 7.64. The molecule has 0 spiro atoms. The Hall–Kier alpha value is -3.13. The summed E-state index contributed by atoms with van der Waals surface area (Å²) in [7, 11) is 0. The third-order valence-electron chi connectivity index (χ3n) is 3.87. The zero-order valence-corrected chi connectivity index (χ0v) is 14.0. The van der Waals surface area contributed by atoms with E-state index in [2.05, 4.69) is 10.3 Å². The van der Waals surface area contributed by atoms with Crippen LogP contribution in [0.15, 0.2) is 53.6 Å². The van der Waals surface area contributed by atoms with E-state index in [1.165, 1.54) is 17.7 Å². The lowest BCUT2D eigenvalue weighted by Gasteiger charge is -2.08. The van der Waals surface area contributed by atoms with E-state index in [0.29, 0.717) is 10.2 Å². The number of carbonyl (C=O) groups excluding carboxylic acids is 1. The minimum absolute atomic E-state index is 0.279. The molecule has 0 aliphatic heterocycles. The number of nitrogens with one attached hydrogen (secondary N) is 1. The zero-order valence-electron chi connectivity index (χ0n) is 13.2. The number of carbonyl (C=O) groups is 1. The van der Waals surface area contributed by atoms with Gasteiger partial charge in [0.1, 0.15) is 22.9 Å². The Morgan fingerprint density at radius 1 is 1.19 bits per heavy atom. The van der Waals surface area contributed by atoms with Gasteiger partial charge in [-0.05, 0) is 18.2 Å². The molecule has 2 aromatic heterocycles. The lowest BCUT2D eigenvalue weighted by Crippen LogP contribution is -2.27. The summed E-state index contributed by atoms with van der Waals surface area (Å²) in [6, 6.07) is 10.3. The second kappa shape index (κ2) is 6.30. The third kappa shape index (κ3) is 2.84. The molecule has 4 aromatic rings. The molecule has 8 heteroatoms. The molecular weight excluding hydrogens is 360 g/mol. The number of halogens is 2. The average molecular weight is 371 g/mol. The molecule has 0 atom stereocenters. The van der Waals surface area contributed by atoms with Crippen molar-refractivity contribution in [2.24, 2.45) is 0 Å². The van der Waals surface area contributed by atoms with E-state index in [4.69, 9.17) is 0 Å². The lowest BCUT2D eigenvalue weighted by atomic mass is 10.2. The molecular formula is C18H11F2N3O2S. The molecule has 130 valence electrons. The number of aromatic nitrogens is 2. The van der Waals surface area contributed by atoms with Crippen molar-refractivity contribution in [2.75, 3.05) is 5.32 Å². The van der Waals surface area contributed by atoms with E-state index in [0.717, 1.165) is 32.9 Å². The Bertz CT molecular complexity index is 1220. The molecule has 1 N–H and O–H groups in total. The quantitative estimate of drug-likeness (QED) is 0.599. The number of hydrogen-bond donors (Lipinski definition) is 1. The minimum Gasteiger partial charge on any atom is -0.322 e. The number of rotatable bonds is 3. The number of amides is 1. The van der Waals surface area contributed by atoms with E-state index in [1.54, 1.807) is 0 Å². The molecule has 4 rings (SSSR count). The van der Waals surface area contributed by atoms with Gasteiger partial charge >= 0.3 is 0 Å². The largest absolute Gasteiger partial charge is 0.322 e. The summed E-state index contributed by atoms with van der Waals surface area (Å²) in [5, 5.41) is 3.14. The average Bonchev–Trinajstić information content (AvgIpc) is 3.00. The Balaban J connectivity index is 1.65. The number of thiophene rings is 1. The predicted octanol–water partition coefficient (Wildman–Crippen LogP) is 3.53. The van der Waals surface area contributed by atoms with Crippen LogP contribution in [0.5, 0.6) is 0 Å². The maximum atomic E-state index is 13.6. The first-order valence-corrected chi connectivity index (χ1v) is 8.46. The second-order valence-corrected chi connectivity index (χ2v) is 6.68. The minimum atomic E-state index is -0.759. The molecule has 0 unspecified atom stereocenters. The molecule has 2 heterocycles. The number of anilines is 1. The Morgan fingerprint density at radius 3 is 2.85 bits per heavy atom. The van der Waals surface area contributed by atoms with Crippen LogP contribution in [0, 0.1) is 11.6 Å². The molecule has 0 aliphatic rings. The van der Waals surface area contributed by atoms with E-state index < -0.39 is 17.5 Å². The van der Waals surface area contributed by atoms with Crippen LogP contribution in [-0.4, -0.2) is 15.5 Å². The van der Waals surface area contributed by atoms with Crippen molar-refractivity contribution in [3.05, 3.63) is 70.8 Å². The summed E-state index contributed by atoms with van der Waals surface area (Å²) in [6.07, 6.45) is 1.28. The summed E-state index contributed by atoms with van der Waals surface area (Å²) < 4.78 is 29.3. The Kier molecular flexibility index (Phi) is 3.96. The van der Waals surface area contributed by atoms with Crippen molar-refractivity contribution in [3.63, 3.8) is 0 Å². The van der Waals surface area contributed by atoms with Gasteiger partial charge in [-0.25, -0.2) is 13.8 Å². The van der Waals surface area contributed by atoms with E-state index in [1.807, 2.05) is 24.3 Å². The van der Waals surface area contributed by atoms with Crippen molar-refractivity contribution < 1.29 is 13.6 Å². The van der Waals surface area contributed by atoms with Crippen LogP contribution in [-0.2, 0) is 11.3 Å². The molecule has 0 saturated heterocycles. The fraction of sp³-hybridized carbons (Fsp3) is 0.0556. The summed E-state index contributed by atoms with van der Waals surface area (Å²) >= 11 is 1.30. The third-order valence-corrected chi connectivity index (χ3v) is 5.02. The summed E-state index contributed by atoms with van der Waals surface area (Å²) in [5.74, 6) is -2.09. The fourth-order valence-electron chi connectivity index (χ4n) is 2.67. The van der Waals surface area contributed by atoms with Gasteiger partial charge in [0.05, 0.1) is 17.5 Å². The maximum absolute atomic E-state index is 13.6. The highest BCUT2D eigenvalue weighted by Crippen LogP contribution is 2.29. The van der Waals surface area contributed by atoms with Gasteiger partial charge in [-0.2, -0.15) is 0 Å². The van der Waals surface area contributed by atoms with Gasteiger partial charge in [0.25, 0.3) is 5.56 Å². The highest BCUT2D eigenvalue weighted by Gasteiger charge is 2.14. The summed E-state index contributed by atoms with van der Waals surface area (Å²) in [4.78, 5) is 29.0. The second-order valence-electron chi connectivity index (χ2n) is 5.63. The number of fused-ring (bicyclic) bond motifs is 3. The van der Waals surface area contributed by atoms with Crippen molar-refractivity contribution in [1.82, 2.24) is 9.55 Å². The normalized spacial score (nSPS) is 11.2. The Labute approximate surface area is 149 Å². The van der Waals surface area contributed by atoms with Crippen molar-refractivity contribution >= 4 is 43.2 Å².